The minimum Gasteiger partial charge on any atom is -0.348 e. The number of carbonyl (C=O) groups is 1. The lowest BCUT2D eigenvalue weighted by molar-refractivity contribution is -0.138. The van der Waals surface area contributed by atoms with Gasteiger partial charge >= 0.3 is 6.18 Å². The number of rotatable bonds is 3. The molecule has 1 N–H and O–H groups in total. The Morgan fingerprint density at radius 1 is 1.56 bits per heavy atom. The van der Waals surface area contributed by atoms with Crippen LogP contribution in [-0.2, 0) is 0 Å². The molecule has 4 nitrogen and oxygen atoms in total. The first kappa shape index (κ1) is 14.0. The zero-order valence-corrected chi connectivity index (χ0v) is 9.45. The Bertz CT molecular complexity index is 462. The minimum absolute atomic E-state index is 0.0250. The second kappa shape index (κ2) is 5.49. The summed E-state index contributed by atoms with van der Waals surface area (Å²) < 4.78 is 36.2. The van der Waals surface area contributed by atoms with Gasteiger partial charge in [0.15, 0.2) is 0 Å². The normalized spacial score (nSPS) is 12.6. The van der Waals surface area contributed by atoms with Crippen LogP contribution in [-0.4, -0.2) is 23.1 Å². The zero-order chi connectivity index (χ0) is 13.8. The van der Waals surface area contributed by atoms with Gasteiger partial charge in [-0.05, 0) is 19.1 Å². The Kier molecular flexibility index (Phi) is 4.26. The molecule has 0 saturated carbocycles. The van der Waals surface area contributed by atoms with Crippen molar-refractivity contribution in [1.29, 1.82) is 5.26 Å². The van der Waals surface area contributed by atoms with E-state index in [1.54, 1.807) is 0 Å². The van der Waals surface area contributed by atoms with Crippen molar-refractivity contribution in [1.82, 2.24) is 10.3 Å². The molecule has 0 spiro atoms. The second-order valence-corrected chi connectivity index (χ2v) is 3.74. The molecule has 96 valence electrons. The molecule has 0 aromatic carbocycles. The molecule has 0 fully saturated rings. The lowest BCUT2D eigenvalue weighted by Gasteiger charge is -2.15. The predicted octanol–water partition coefficient (Wildman–Crippen LogP) is 2.02. The summed E-state index contributed by atoms with van der Waals surface area (Å²) >= 11 is 0. The van der Waals surface area contributed by atoms with Crippen LogP contribution in [0.3, 0.4) is 0 Å². The molecular weight excluding hydrogens is 247 g/mol. The largest absolute Gasteiger partial charge is 0.391 e. The molecular formula is C11H10F3N3O. The Balaban J connectivity index is 2.62. The number of amides is 1. The summed E-state index contributed by atoms with van der Waals surface area (Å²) in [7, 11) is 0. The fourth-order valence-electron chi connectivity index (χ4n) is 1.29. The van der Waals surface area contributed by atoms with Crippen LogP contribution in [0.15, 0.2) is 18.3 Å². The maximum Gasteiger partial charge on any atom is 0.391 e. The van der Waals surface area contributed by atoms with Crippen LogP contribution in [0.25, 0.3) is 0 Å². The van der Waals surface area contributed by atoms with Crippen LogP contribution >= 0.6 is 0 Å². The van der Waals surface area contributed by atoms with E-state index in [1.807, 2.05) is 6.07 Å². The number of nitrogens with zero attached hydrogens (tertiary/aromatic N) is 2. The predicted molar refractivity (Wildman–Crippen MR) is 56.6 cm³/mol. The molecule has 0 bridgehead atoms. The van der Waals surface area contributed by atoms with Gasteiger partial charge in [-0.3, -0.25) is 4.79 Å². The van der Waals surface area contributed by atoms with Gasteiger partial charge in [0.2, 0.25) is 0 Å². The van der Waals surface area contributed by atoms with Crippen LogP contribution < -0.4 is 5.32 Å². The molecule has 1 atom stereocenters. The third-order valence-electron chi connectivity index (χ3n) is 2.04. The number of aromatic nitrogens is 1. The maximum absolute atomic E-state index is 12.1. The van der Waals surface area contributed by atoms with E-state index < -0.39 is 24.5 Å². The number of nitrogens with one attached hydrogen (secondary N) is 1. The molecule has 0 saturated heterocycles. The third-order valence-corrected chi connectivity index (χ3v) is 2.04. The number of halogens is 3. The fraction of sp³-hybridized carbons (Fsp3) is 0.364. The highest BCUT2D eigenvalue weighted by atomic mass is 19.4. The number of carbonyl (C=O) groups excluding carboxylic acids is 1. The number of alkyl halides is 3. The van der Waals surface area contributed by atoms with E-state index in [1.165, 1.54) is 25.3 Å². The Hall–Kier alpha value is -2.10. The van der Waals surface area contributed by atoms with E-state index in [0.29, 0.717) is 0 Å². The van der Waals surface area contributed by atoms with Gasteiger partial charge in [0.05, 0.1) is 12.0 Å². The molecule has 1 aromatic rings. The summed E-state index contributed by atoms with van der Waals surface area (Å²) in [5, 5.41) is 10.7. The van der Waals surface area contributed by atoms with Gasteiger partial charge in [-0.2, -0.15) is 18.4 Å². The maximum atomic E-state index is 12.1. The number of hydrogen-bond donors (Lipinski definition) is 1. The molecule has 1 amide bonds. The molecule has 1 aromatic heterocycles. The van der Waals surface area contributed by atoms with Crippen molar-refractivity contribution in [3.8, 4) is 6.07 Å². The van der Waals surface area contributed by atoms with Crippen molar-refractivity contribution in [2.75, 3.05) is 0 Å². The first-order chi connectivity index (χ1) is 8.31. The summed E-state index contributed by atoms with van der Waals surface area (Å²) in [6.45, 7) is 1.26. The first-order valence-corrected chi connectivity index (χ1v) is 5.05. The van der Waals surface area contributed by atoms with Crippen LogP contribution in [0.1, 0.15) is 29.4 Å². The molecule has 0 radical (unpaired) electrons. The van der Waals surface area contributed by atoms with Gasteiger partial charge in [-0.15, -0.1) is 0 Å². The zero-order valence-electron chi connectivity index (χ0n) is 9.45. The Morgan fingerprint density at radius 2 is 2.22 bits per heavy atom. The van der Waals surface area contributed by atoms with E-state index in [-0.39, 0.29) is 11.3 Å². The summed E-state index contributed by atoms with van der Waals surface area (Å²) in [5.74, 6) is -0.698. The number of nitriles is 1. The SMILES string of the molecule is CC(CC(F)(F)F)NC(=O)c1ccc(C#N)cn1. The van der Waals surface area contributed by atoms with Crippen molar-refractivity contribution in [3.63, 3.8) is 0 Å². The van der Waals surface area contributed by atoms with Crippen molar-refractivity contribution in [2.45, 2.75) is 25.6 Å². The van der Waals surface area contributed by atoms with Crippen LogP contribution in [0.4, 0.5) is 13.2 Å². The Morgan fingerprint density at radius 3 is 2.67 bits per heavy atom. The molecule has 0 aliphatic heterocycles. The average molecular weight is 257 g/mol. The highest BCUT2D eigenvalue weighted by Gasteiger charge is 2.30. The standard InChI is InChI=1S/C11H10F3N3O/c1-7(4-11(12,13)14)17-10(18)9-3-2-8(5-15)6-16-9/h2-3,6-7H,4H2,1H3,(H,17,18). The van der Waals surface area contributed by atoms with Gasteiger partial charge in [0, 0.05) is 12.2 Å². The smallest absolute Gasteiger partial charge is 0.348 e. The van der Waals surface area contributed by atoms with Gasteiger partial charge in [0.25, 0.3) is 5.91 Å². The Labute approximate surface area is 101 Å². The lowest BCUT2D eigenvalue weighted by atomic mass is 10.2. The fourth-order valence-corrected chi connectivity index (χ4v) is 1.29. The molecule has 1 unspecified atom stereocenters. The molecule has 18 heavy (non-hydrogen) atoms. The van der Waals surface area contributed by atoms with Crippen LogP contribution in [0.2, 0.25) is 0 Å². The van der Waals surface area contributed by atoms with E-state index >= 15 is 0 Å². The molecule has 7 heteroatoms. The minimum atomic E-state index is -4.33. The highest BCUT2D eigenvalue weighted by Crippen LogP contribution is 2.21. The van der Waals surface area contributed by atoms with Crippen LogP contribution in [0.5, 0.6) is 0 Å². The highest BCUT2D eigenvalue weighted by molar-refractivity contribution is 5.92. The van der Waals surface area contributed by atoms with Crippen molar-refractivity contribution in [2.24, 2.45) is 0 Å². The lowest BCUT2D eigenvalue weighted by Crippen LogP contribution is -2.36. The quantitative estimate of drug-likeness (QED) is 0.900. The van der Waals surface area contributed by atoms with Gasteiger partial charge in [-0.25, -0.2) is 4.98 Å². The van der Waals surface area contributed by atoms with E-state index in [4.69, 9.17) is 5.26 Å². The summed E-state index contributed by atoms with van der Waals surface area (Å²) in [6, 6.07) is 3.45. The first-order valence-electron chi connectivity index (χ1n) is 5.05. The molecule has 0 aliphatic carbocycles. The summed E-state index contributed by atoms with van der Waals surface area (Å²) in [5.41, 5.74) is 0.248. The van der Waals surface area contributed by atoms with E-state index in [2.05, 4.69) is 10.3 Å². The van der Waals surface area contributed by atoms with E-state index in [9.17, 15) is 18.0 Å². The van der Waals surface area contributed by atoms with Gasteiger partial charge in [0.1, 0.15) is 11.8 Å². The molecule has 1 heterocycles. The second-order valence-electron chi connectivity index (χ2n) is 3.74. The van der Waals surface area contributed by atoms with E-state index in [0.717, 1.165) is 0 Å². The average Bonchev–Trinajstić information content (AvgIpc) is 2.26. The summed E-state index contributed by atoms with van der Waals surface area (Å²) in [6.07, 6.45) is -4.25. The van der Waals surface area contributed by atoms with Crippen molar-refractivity contribution in [3.05, 3.63) is 29.6 Å². The van der Waals surface area contributed by atoms with Crippen molar-refractivity contribution < 1.29 is 18.0 Å². The van der Waals surface area contributed by atoms with Gasteiger partial charge < -0.3 is 5.32 Å². The molecule has 0 aliphatic rings. The summed E-state index contributed by atoms with van der Waals surface area (Å²) in [4.78, 5) is 15.2. The number of pyridine rings is 1. The van der Waals surface area contributed by atoms with Crippen molar-refractivity contribution >= 4 is 5.91 Å². The monoisotopic (exact) mass is 257 g/mol. The van der Waals surface area contributed by atoms with Gasteiger partial charge in [-0.1, -0.05) is 0 Å². The number of hydrogen-bond acceptors (Lipinski definition) is 3. The molecule has 1 rings (SSSR count). The van der Waals surface area contributed by atoms with Crippen LogP contribution in [0, 0.1) is 11.3 Å². The third kappa shape index (κ3) is 4.41. The topological polar surface area (TPSA) is 65.8 Å².